The largest absolute Gasteiger partial charge is 0.495 e. The molecule has 0 spiro atoms. The molecule has 2 N–H and O–H groups in total. The van der Waals surface area contributed by atoms with E-state index in [0.717, 1.165) is 13.2 Å². The van der Waals surface area contributed by atoms with Crippen LogP contribution in [0.1, 0.15) is 24.2 Å². The van der Waals surface area contributed by atoms with E-state index in [1.54, 1.807) is 13.8 Å². The Hall–Kier alpha value is -2.13. The Labute approximate surface area is 134 Å². The Bertz CT molecular complexity index is 697. The molecule has 1 atom stereocenters. The second kappa shape index (κ2) is 7.42. The Morgan fingerprint density at radius 2 is 1.83 bits per heavy atom. The smallest absolute Gasteiger partial charge is 0.337 e. The Balaban J connectivity index is 3.35. The molecule has 0 saturated heterocycles. The molecule has 0 aliphatic heterocycles. The highest BCUT2D eigenvalue weighted by Crippen LogP contribution is 2.26. The van der Waals surface area contributed by atoms with Crippen molar-refractivity contribution in [3.63, 3.8) is 0 Å². The van der Waals surface area contributed by atoms with E-state index in [9.17, 15) is 18.0 Å². The van der Waals surface area contributed by atoms with Crippen LogP contribution >= 0.6 is 0 Å². The summed E-state index contributed by atoms with van der Waals surface area (Å²) in [6.45, 7) is 3.15. The number of rotatable bonds is 7. The van der Waals surface area contributed by atoms with Gasteiger partial charge in [0.05, 0.1) is 19.8 Å². The number of hydrogen-bond acceptors (Lipinski definition) is 6. The molecule has 1 unspecified atom stereocenters. The number of benzene rings is 1. The summed E-state index contributed by atoms with van der Waals surface area (Å²) in [7, 11) is -1.79. The summed E-state index contributed by atoms with van der Waals surface area (Å²) in [5.41, 5.74) is 0.00472. The monoisotopic (exact) mass is 345 g/mol. The number of hydrogen-bond donors (Lipinski definition) is 2. The van der Waals surface area contributed by atoms with Crippen molar-refractivity contribution in [3.8, 4) is 5.75 Å². The van der Waals surface area contributed by atoms with Gasteiger partial charge in [-0.05, 0) is 24.1 Å². The molecule has 0 bridgehead atoms. The summed E-state index contributed by atoms with van der Waals surface area (Å²) >= 11 is 0. The summed E-state index contributed by atoms with van der Waals surface area (Å²) in [4.78, 5) is 22.4. The first-order valence-corrected chi connectivity index (χ1v) is 8.13. The zero-order valence-electron chi connectivity index (χ0n) is 13.2. The number of carbonyl (C=O) groups is 2. The molecule has 0 heterocycles. The molecule has 9 heteroatoms. The van der Waals surface area contributed by atoms with Gasteiger partial charge >= 0.3 is 11.9 Å². The van der Waals surface area contributed by atoms with E-state index >= 15 is 0 Å². The Kier molecular flexibility index (Phi) is 6.11. The van der Waals surface area contributed by atoms with E-state index < -0.39 is 33.9 Å². The molecular weight excluding hydrogens is 326 g/mol. The van der Waals surface area contributed by atoms with Gasteiger partial charge < -0.3 is 14.6 Å². The third kappa shape index (κ3) is 4.42. The van der Waals surface area contributed by atoms with Gasteiger partial charge in [-0.2, -0.15) is 4.72 Å². The van der Waals surface area contributed by atoms with Gasteiger partial charge in [-0.1, -0.05) is 13.8 Å². The number of esters is 1. The predicted molar refractivity (Wildman–Crippen MR) is 80.9 cm³/mol. The fourth-order valence-electron chi connectivity index (χ4n) is 1.83. The molecule has 0 saturated carbocycles. The van der Waals surface area contributed by atoms with E-state index in [4.69, 9.17) is 9.84 Å². The van der Waals surface area contributed by atoms with Crippen molar-refractivity contribution >= 4 is 22.0 Å². The van der Waals surface area contributed by atoms with Crippen molar-refractivity contribution in [2.45, 2.75) is 24.8 Å². The van der Waals surface area contributed by atoms with Crippen molar-refractivity contribution < 1.29 is 32.6 Å². The predicted octanol–water partition coefficient (Wildman–Crippen LogP) is 0.869. The van der Waals surface area contributed by atoms with Gasteiger partial charge in [0.2, 0.25) is 10.0 Å². The van der Waals surface area contributed by atoms with Crippen LogP contribution in [-0.2, 0) is 19.6 Å². The minimum absolute atomic E-state index is 0.00472. The second-order valence-electron chi connectivity index (χ2n) is 5.04. The third-order valence-corrected chi connectivity index (χ3v) is 4.55. The summed E-state index contributed by atoms with van der Waals surface area (Å²) in [5, 5.41) is 9.13. The summed E-state index contributed by atoms with van der Waals surface area (Å²) in [6, 6.07) is 2.41. The highest BCUT2D eigenvalue weighted by molar-refractivity contribution is 7.89. The molecule has 1 aromatic rings. The average Bonchev–Trinajstić information content (AvgIpc) is 2.50. The maximum Gasteiger partial charge on any atom is 0.337 e. The first-order valence-electron chi connectivity index (χ1n) is 6.65. The van der Waals surface area contributed by atoms with Crippen molar-refractivity contribution in [3.05, 3.63) is 23.8 Å². The van der Waals surface area contributed by atoms with E-state index in [-0.39, 0.29) is 16.2 Å². The zero-order chi connectivity index (χ0) is 17.8. The minimum atomic E-state index is -4.22. The summed E-state index contributed by atoms with van der Waals surface area (Å²) < 4.78 is 36.6. The second-order valence-corrected chi connectivity index (χ2v) is 6.72. The lowest BCUT2D eigenvalue weighted by molar-refractivity contribution is -0.140. The molecule has 0 amide bonds. The lowest BCUT2D eigenvalue weighted by Crippen LogP contribution is -2.44. The summed E-state index contributed by atoms with van der Waals surface area (Å²) in [6.07, 6.45) is 0. The number of methoxy groups -OCH3 is 2. The fourth-order valence-corrected chi connectivity index (χ4v) is 3.37. The normalized spacial score (nSPS) is 12.7. The molecule has 128 valence electrons. The number of ether oxygens (including phenoxy) is 2. The number of nitrogens with one attached hydrogen (secondary N) is 1. The Morgan fingerprint density at radius 3 is 2.26 bits per heavy atom. The van der Waals surface area contributed by atoms with Crippen LogP contribution in [0.2, 0.25) is 0 Å². The van der Waals surface area contributed by atoms with Crippen LogP contribution in [0.3, 0.4) is 0 Å². The Morgan fingerprint density at radius 1 is 1.22 bits per heavy atom. The van der Waals surface area contributed by atoms with E-state index in [1.807, 2.05) is 0 Å². The van der Waals surface area contributed by atoms with E-state index in [2.05, 4.69) is 9.46 Å². The molecule has 23 heavy (non-hydrogen) atoms. The maximum atomic E-state index is 12.5. The number of sulfonamides is 1. The van der Waals surface area contributed by atoms with Crippen LogP contribution in [0.4, 0.5) is 0 Å². The van der Waals surface area contributed by atoms with Crippen molar-refractivity contribution in [2.24, 2.45) is 5.92 Å². The highest BCUT2D eigenvalue weighted by atomic mass is 32.2. The maximum absolute atomic E-state index is 12.5. The average molecular weight is 345 g/mol. The third-order valence-electron chi connectivity index (χ3n) is 3.09. The molecule has 0 radical (unpaired) electrons. The SMILES string of the molecule is COC(=O)c1ccc(OC)c(S(=O)(=O)NC(C(=O)O)C(C)C)c1. The quantitative estimate of drug-likeness (QED) is 0.704. The molecule has 1 rings (SSSR count). The fraction of sp³-hybridized carbons (Fsp3) is 0.429. The lowest BCUT2D eigenvalue weighted by Gasteiger charge is -2.19. The van der Waals surface area contributed by atoms with Gasteiger partial charge in [0.25, 0.3) is 0 Å². The van der Waals surface area contributed by atoms with Gasteiger partial charge in [-0.15, -0.1) is 0 Å². The van der Waals surface area contributed by atoms with Crippen LogP contribution in [0.15, 0.2) is 23.1 Å². The zero-order valence-corrected chi connectivity index (χ0v) is 14.0. The first-order chi connectivity index (χ1) is 10.6. The molecule has 0 aromatic heterocycles. The van der Waals surface area contributed by atoms with Crippen LogP contribution in [0.5, 0.6) is 5.75 Å². The van der Waals surface area contributed by atoms with Gasteiger partial charge in [-0.3, -0.25) is 4.79 Å². The highest BCUT2D eigenvalue weighted by Gasteiger charge is 2.30. The number of carboxylic acids is 1. The van der Waals surface area contributed by atoms with Gasteiger partial charge in [0.15, 0.2) is 0 Å². The van der Waals surface area contributed by atoms with Crippen LogP contribution in [-0.4, -0.2) is 45.7 Å². The van der Waals surface area contributed by atoms with Gasteiger partial charge in [-0.25, -0.2) is 13.2 Å². The van der Waals surface area contributed by atoms with Crippen LogP contribution < -0.4 is 9.46 Å². The van der Waals surface area contributed by atoms with E-state index in [0.29, 0.717) is 0 Å². The van der Waals surface area contributed by atoms with Crippen LogP contribution in [0.25, 0.3) is 0 Å². The standard InChI is InChI=1S/C14H19NO7S/c1-8(2)12(13(16)17)15-23(19,20)11-7-9(14(18)22-4)5-6-10(11)21-3/h5-8,12,15H,1-4H3,(H,16,17). The van der Waals surface area contributed by atoms with Crippen molar-refractivity contribution in [1.29, 1.82) is 0 Å². The summed E-state index contributed by atoms with van der Waals surface area (Å²) in [5.74, 6) is -2.51. The molecule has 0 aliphatic carbocycles. The number of aliphatic carboxylic acids is 1. The molecule has 1 aromatic carbocycles. The molecular formula is C14H19NO7S. The minimum Gasteiger partial charge on any atom is -0.495 e. The van der Waals surface area contributed by atoms with Crippen LogP contribution in [0, 0.1) is 5.92 Å². The van der Waals surface area contributed by atoms with Crippen molar-refractivity contribution in [2.75, 3.05) is 14.2 Å². The topological polar surface area (TPSA) is 119 Å². The van der Waals surface area contributed by atoms with Crippen molar-refractivity contribution in [1.82, 2.24) is 4.72 Å². The molecule has 0 fully saturated rings. The van der Waals surface area contributed by atoms with Gasteiger partial charge in [0, 0.05) is 0 Å². The lowest BCUT2D eigenvalue weighted by atomic mass is 10.1. The first kappa shape index (κ1) is 18.9. The van der Waals surface area contributed by atoms with Gasteiger partial charge in [0.1, 0.15) is 16.7 Å². The number of carbonyl (C=O) groups excluding carboxylic acids is 1. The van der Waals surface area contributed by atoms with E-state index in [1.165, 1.54) is 19.2 Å². The number of carboxylic acid groups (broad SMARTS) is 1. The molecule has 8 nitrogen and oxygen atoms in total. The molecule has 0 aliphatic rings.